The number of rotatable bonds is 5. The number of aromatic nitrogens is 4. The van der Waals surface area contributed by atoms with Gasteiger partial charge in [0.2, 0.25) is 0 Å². The Kier molecular flexibility index (Phi) is 7.06. The maximum atomic E-state index is 5.44. The summed E-state index contributed by atoms with van der Waals surface area (Å²) in [5.41, 5.74) is 11.9. The molecule has 7 aromatic carbocycles. The van der Waals surface area contributed by atoms with E-state index in [0.29, 0.717) is 0 Å². The van der Waals surface area contributed by atoms with Crippen molar-refractivity contribution in [1.82, 2.24) is 19.1 Å². The van der Waals surface area contributed by atoms with E-state index in [1.54, 1.807) is 0 Å². The van der Waals surface area contributed by atoms with Crippen LogP contribution in [0.15, 0.2) is 194 Å². The normalized spacial score (nSPS) is 11.9. The van der Waals surface area contributed by atoms with Crippen LogP contribution in [0.25, 0.3) is 109 Å². The van der Waals surface area contributed by atoms with Gasteiger partial charge in [0.05, 0.1) is 39.1 Å². The Labute approximate surface area is 332 Å². The lowest BCUT2D eigenvalue weighted by Gasteiger charge is -2.12. The number of para-hydroxylation sites is 2. The van der Waals surface area contributed by atoms with Crippen molar-refractivity contribution in [1.29, 1.82) is 0 Å². The number of hydrogen-bond donors (Lipinski definition) is 0. The van der Waals surface area contributed by atoms with Gasteiger partial charge in [-0.15, -0.1) is 11.3 Å². The average Bonchev–Trinajstić information content (AvgIpc) is 3.95. The molecule has 0 unspecified atom stereocenters. The summed E-state index contributed by atoms with van der Waals surface area (Å²) in [7, 11) is 0. The quantitative estimate of drug-likeness (QED) is 0.176. The third-order valence-corrected chi connectivity index (χ3v) is 12.6. The molecule has 57 heavy (non-hydrogen) atoms. The molecule has 266 valence electrons. The summed E-state index contributed by atoms with van der Waals surface area (Å²) in [6, 6.07) is 69.3. The van der Waals surface area contributed by atoms with Crippen molar-refractivity contribution in [2.24, 2.45) is 0 Å². The first-order valence-electron chi connectivity index (χ1n) is 19.3. The van der Waals surface area contributed by atoms with Gasteiger partial charge in [0, 0.05) is 64.1 Å². The summed E-state index contributed by atoms with van der Waals surface area (Å²) >= 11 is 1.84. The van der Waals surface area contributed by atoms with Gasteiger partial charge < -0.3 is 4.57 Å². The first-order chi connectivity index (χ1) is 28.3. The van der Waals surface area contributed by atoms with Crippen molar-refractivity contribution >= 4 is 75.1 Å². The molecule has 0 N–H and O–H groups in total. The SMILES string of the molecule is c1ccc(-c2cccc(-c3cccc(-n4c5ccccc5c5ccc6c(c7ccccc7n6-c6cccc(-c7cccc8c7sc7ccccc78)n6)c54)c3)n2)cc1. The molecular weight excluding hydrogens is 713 g/mol. The third kappa shape index (κ3) is 4.93. The molecule has 12 rings (SSSR count). The van der Waals surface area contributed by atoms with Crippen molar-refractivity contribution in [3.63, 3.8) is 0 Å². The number of nitrogens with zero attached hydrogens (tertiary/aromatic N) is 4. The summed E-state index contributed by atoms with van der Waals surface area (Å²) in [4.78, 5) is 10.6. The molecule has 0 aliphatic rings. The average molecular weight is 745 g/mol. The number of fused-ring (bicyclic) bond motifs is 10. The molecular formula is C52H32N4S. The van der Waals surface area contributed by atoms with Gasteiger partial charge in [-0.3, -0.25) is 4.57 Å². The largest absolute Gasteiger partial charge is 0.309 e. The van der Waals surface area contributed by atoms with Crippen LogP contribution < -0.4 is 0 Å². The summed E-state index contributed by atoms with van der Waals surface area (Å²) in [5, 5.41) is 7.39. The zero-order chi connectivity index (χ0) is 37.5. The van der Waals surface area contributed by atoms with E-state index in [9.17, 15) is 0 Å². The smallest absolute Gasteiger partial charge is 0.138 e. The minimum atomic E-state index is 0.894. The highest BCUT2D eigenvalue weighted by atomic mass is 32.1. The van der Waals surface area contributed by atoms with E-state index in [2.05, 4.69) is 197 Å². The minimum absolute atomic E-state index is 0.894. The fraction of sp³-hybridized carbons (Fsp3) is 0. The van der Waals surface area contributed by atoms with Crippen LogP contribution in [0.5, 0.6) is 0 Å². The van der Waals surface area contributed by atoms with E-state index >= 15 is 0 Å². The van der Waals surface area contributed by atoms with Gasteiger partial charge in [-0.25, -0.2) is 9.97 Å². The van der Waals surface area contributed by atoms with E-state index < -0.39 is 0 Å². The van der Waals surface area contributed by atoms with E-state index in [4.69, 9.17) is 9.97 Å². The first-order valence-corrected chi connectivity index (χ1v) is 20.1. The van der Waals surface area contributed by atoms with E-state index in [1.807, 2.05) is 17.4 Å². The Hall–Kier alpha value is -7.34. The van der Waals surface area contributed by atoms with E-state index in [-0.39, 0.29) is 0 Å². The molecule has 5 heterocycles. The van der Waals surface area contributed by atoms with Gasteiger partial charge in [-0.05, 0) is 60.7 Å². The lowest BCUT2D eigenvalue weighted by atomic mass is 10.1. The maximum absolute atomic E-state index is 5.44. The van der Waals surface area contributed by atoms with Crippen molar-refractivity contribution < 1.29 is 0 Å². The summed E-state index contributed by atoms with van der Waals surface area (Å²) in [6.45, 7) is 0. The standard InChI is InChI=1S/C52H32N4S/c1-2-14-33(15-3-1)42-23-12-24-43(53-42)34-16-10-17-35(32-34)55-45-26-7-4-18-36(45)38-30-31-47-50(51(38)55)41-20-5-8-27-46(41)56(47)49-29-13-25-44(54-49)40-22-11-21-39-37-19-6-9-28-48(37)57-52(39)40/h1-32H. The zero-order valence-corrected chi connectivity index (χ0v) is 31.5. The Morgan fingerprint density at radius 2 is 1.04 bits per heavy atom. The molecule has 4 nitrogen and oxygen atoms in total. The lowest BCUT2D eigenvalue weighted by Crippen LogP contribution is -1.99. The minimum Gasteiger partial charge on any atom is -0.309 e. The van der Waals surface area contributed by atoms with E-state index in [1.165, 1.54) is 47.2 Å². The van der Waals surface area contributed by atoms with Crippen molar-refractivity contribution in [3.8, 4) is 45.3 Å². The molecule has 0 saturated heterocycles. The highest BCUT2D eigenvalue weighted by Gasteiger charge is 2.22. The molecule has 0 amide bonds. The molecule has 0 spiro atoms. The van der Waals surface area contributed by atoms with Crippen LogP contribution in [-0.2, 0) is 0 Å². The van der Waals surface area contributed by atoms with Gasteiger partial charge >= 0.3 is 0 Å². The predicted octanol–water partition coefficient (Wildman–Crippen LogP) is 14.0. The van der Waals surface area contributed by atoms with Crippen LogP contribution in [-0.4, -0.2) is 19.1 Å². The van der Waals surface area contributed by atoms with Gasteiger partial charge in [-0.1, -0.05) is 133 Å². The van der Waals surface area contributed by atoms with Crippen molar-refractivity contribution in [2.75, 3.05) is 0 Å². The molecule has 0 bridgehead atoms. The highest BCUT2D eigenvalue weighted by molar-refractivity contribution is 7.26. The van der Waals surface area contributed by atoms with Gasteiger partial charge in [0.25, 0.3) is 0 Å². The van der Waals surface area contributed by atoms with Gasteiger partial charge in [0.15, 0.2) is 0 Å². The van der Waals surface area contributed by atoms with Crippen molar-refractivity contribution in [3.05, 3.63) is 194 Å². The predicted molar refractivity (Wildman–Crippen MR) is 240 cm³/mol. The van der Waals surface area contributed by atoms with Crippen LogP contribution in [0, 0.1) is 0 Å². The van der Waals surface area contributed by atoms with Crippen LogP contribution in [0.2, 0.25) is 0 Å². The second-order valence-electron chi connectivity index (χ2n) is 14.5. The third-order valence-electron chi connectivity index (χ3n) is 11.3. The van der Waals surface area contributed by atoms with Gasteiger partial charge in [-0.2, -0.15) is 0 Å². The Morgan fingerprint density at radius 3 is 1.91 bits per heavy atom. The molecule has 0 fully saturated rings. The lowest BCUT2D eigenvalue weighted by molar-refractivity contribution is 1.08. The second kappa shape index (κ2) is 12.6. The fourth-order valence-corrected chi connectivity index (χ4v) is 10.1. The summed E-state index contributed by atoms with van der Waals surface area (Å²) in [6.07, 6.45) is 0. The molecule has 0 aliphatic carbocycles. The van der Waals surface area contributed by atoms with Crippen LogP contribution in [0.1, 0.15) is 0 Å². The molecule has 0 radical (unpaired) electrons. The summed E-state index contributed by atoms with van der Waals surface area (Å²) < 4.78 is 7.35. The van der Waals surface area contributed by atoms with Crippen LogP contribution in [0.3, 0.4) is 0 Å². The molecule has 0 atom stereocenters. The fourth-order valence-electron chi connectivity index (χ4n) is 8.84. The molecule has 12 aromatic rings. The number of thiophene rings is 1. The van der Waals surface area contributed by atoms with E-state index in [0.717, 1.165) is 61.8 Å². The zero-order valence-electron chi connectivity index (χ0n) is 30.7. The van der Waals surface area contributed by atoms with Gasteiger partial charge in [0.1, 0.15) is 5.82 Å². The molecule has 0 aliphatic heterocycles. The van der Waals surface area contributed by atoms with Crippen LogP contribution in [0.4, 0.5) is 0 Å². The molecule has 5 heteroatoms. The molecule has 5 aromatic heterocycles. The Morgan fingerprint density at radius 1 is 0.386 bits per heavy atom. The number of benzene rings is 7. The second-order valence-corrected chi connectivity index (χ2v) is 15.6. The maximum Gasteiger partial charge on any atom is 0.138 e. The number of hydrogen-bond acceptors (Lipinski definition) is 3. The van der Waals surface area contributed by atoms with Crippen LogP contribution >= 0.6 is 11.3 Å². The molecule has 0 saturated carbocycles. The Bertz CT molecular complexity index is 3530. The first kappa shape index (κ1) is 32.0. The highest BCUT2D eigenvalue weighted by Crippen LogP contribution is 2.43. The monoisotopic (exact) mass is 744 g/mol. The topological polar surface area (TPSA) is 35.6 Å². The summed E-state index contributed by atoms with van der Waals surface area (Å²) in [5.74, 6) is 0.894. The number of pyridine rings is 2. The van der Waals surface area contributed by atoms with Crippen molar-refractivity contribution in [2.45, 2.75) is 0 Å². The Balaban J connectivity index is 1.09.